The SMILES string of the molecule is Cc1ccc(CN(C)S(=O)(=O)c2cccc(F)c2)o1. The van der Waals surface area contributed by atoms with Crippen LogP contribution in [-0.4, -0.2) is 19.8 Å². The van der Waals surface area contributed by atoms with E-state index in [0.29, 0.717) is 11.5 Å². The van der Waals surface area contributed by atoms with Crippen LogP contribution in [0.3, 0.4) is 0 Å². The summed E-state index contributed by atoms with van der Waals surface area (Å²) in [6.07, 6.45) is 0. The van der Waals surface area contributed by atoms with E-state index in [0.717, 1.165) is 10.4 Å². The molecule has 0 bridgehead atoms. The molecule has 6 heteroatoms. The average Bonchev–Trinajstić information content (AvgIpc) is 2.74. The van der Waals surface area contributed by atoms with Gasteiger partial charge in [0.15, 0.2) is 0 Å². The van der Waals surface area contributed by atoms with Gasteiger partial charge in [0.05, 0.1) is 11.4 Å². The Bertz CT molecular complexity index is 679. The number of nitrogens with zero attached hydrogens (tertiary/aromatic N) is 1. The number of rotatable bonds is 4. The molecule has 0 aliphatic heterocycles. The van der Waals surface area contributed by atoms with Gasteiger partial charge in [0.1, 0.15) is 17.3 Å². The molecule has 19 heavy (non-hydrogen) atoms. The van der Waals surface area contributed by atoms with Gasteiger partial charge in [-0.2, -0.15) is 4.31 Å². The van der Waals surface area contributed by atoms with Crippen LogP contribution in [0.5, 0.6) is 0 Å². The van der Waals surface area contributed by atoms with Gasteiger partial charge in [-0.3, -0.25) is 0 Å². The molecule has 0 N–H and O–H groups in total. The molecule has 2 aromatic rings. The van der Waals surface area contributed by atoms with Gasteiger partial charge >= 0.3 is 0 Å². The fraction of sp³-hybridized carbons (Fsp3) is 0.231. The lowest BCUT2D eigenvalue weighted by molar-refractivity contribution is 0.397. The van der Waals surface area contributed by atoms with Crippen LogP contribution in [0.2, 0.25) is 0 Å². The van der Waals surface area contributed by atoms with Crippen molar-refractivity contribution in [2.75, 3.05) is 7.05 Å². The number of aryl methyl sites for hydroxylation is 1. The lowest BCUT2D eigenvalue weighted by Gasteiger charge is -2.15. The van der Waals surface area contributed by atoms with E-state index in [1.54, 1.807) is 19.1 Å². The standard InChI is InChI=1S/C13H14FNO3S/c1-10-6-7-12(18-10)9-15(2)19(16,17)13-5-3-4-11(14)8-13/h3-8H,9H2,1-2H3. The molecular formula is C13H14FNO3S. The van der Waals surface area contributed by atoms with Crippen molar-refractivity contribution in [3.63, 3.8) is 0 Å². The largest absolute Gasteiger partial charge is 0.465 e. The quantitative estimate of drug-likeness (QED) is 0.866. The predicted octanol–water partition coefficient (Wildman–Crippen LogP) is 2.55. The van der Waals surface area contributed by atoms with E-state index in [-0.39, 0.29) is 11.4 Å². The van der Waals surface area contributed by atoms with Gasteiger partial charge in [-0.1, -0.05) is 6.07 Å². The second kappa shape index (κ2) is 5.14. The second-order valence-electron chi connectivity index (χ2n) is 4.23. The Morgan fingerprint density at radius 1 is 1.26 bits per heavy atom. The first kappa shape index (κ1) is 13.8. The van der Waals surface area contributed by atoms with Crippen LogP contribution >= 0.6 is 0 Å². The summed E-state index contributed by atoms with van der Waals surface area (Å²) in [5, 5.41) is 0. The first-order valence-corrected chi connectivity index (χ1v) is 7.11. The van der Waals surface area contributed by atoms with E-state index in [4.69, 9.17) is 4.42 Å². The first-order chi connectivity index (χ1) is 8.89. The third-order valence-electron chi connectivity index (χ3n) is 2.68. The maximum atomic E-state index is 13.1. The van der Waals surface area contributed by atoms with E-state index in [2.05, 4.69) is 0 Å². The molecule has 0 radical (unpaired) electrons. The van der Waals surface area contributed by atoms with Crippen LogP contribution in [0.1, 0.15) is 11.5 Å². The molecule has 0 fully saturated rings. The van der Waals surface area contributed by atoms with Crippen molar-refractivity contribution in [3.05, 3.63) is 53.7 Å². The number of sulfonamides is 1. The van der Waals surface area contributed by atoms with Crippen LogP contribution in [-0.2, 0) is 16.6 Å². The lowest BCUT2D eigenvalue weighted by atomic mass is 10.4. The fourth-order valence-corrected chi connectivity index (χ4v) is 2.85. The Kier molecular flexibility index (Phi) is 3.73. The molecule has 0 saturated carbocycles. The molecule has 0 aliphatic carbocycles. The van der Waals surface area contributed by atoms with Crippen molar-refractivity contribution in [2.45, 2.75) is 18.4 Å². The van der Waals surface area contributed by atoms with Crippen LogP contribution < -0.4 is 0 Å². The zero-order valence-corrected chi connectivity index (χ0v) is 11.4. The van der Waals surface area contributed by atoms with Crippen molar-refractivity contribution >= 4 is 10.0 Å². The summed E-state index contributed by atoms with van der Waals surface area (Å²) in [7, 11) is -2.29. The number of hydrogen-bond acceptors (Lipinski definition) is 3. The van der Waals surface area contributed by atoms with Crippen LogP contribution in [0.4, 0.5) is 4.39 Å². The Morgan fingerprint density at radius 2 is 2.00 bits per heavy atom. The third-order valence-corrected chi connectivity index (χ3v) is 4.48. The zero-order valence-electron chi connectivity index (χ0n) is 10.6. The predicted molar refractivity (Wildman–Crippen MR) is 68.5 cm³/mol. The molecule has 0 atom stereocenters. The molecule has 0 unspecified atom stereocenters. The van der Waals surface area contributed by atoms with Gasteiger partial charge in [0.2, 0.25) is 10.0 Å². The van der Waals surface area contributed by atoms with Gasteiger partial charge in [0, 0.05) is 7.05 Å². The third kappa shape index (κ3) is 3.02. The molecule has 1 heterocycles. The number of furan rings is 1. The topological polar surface area (TPSA) is 50.5 Å². The van der Waals surface area contributed by atoms with Crippen molar-refractivity contribution in [2.24, 2.45) is 0 Å². The van der Waals surface area contributed by atoms with Crippen molar-refractivity contribution in [1.29, 1.82) is 0 Å². The molecule has 1 aromatic heterocycles. The van der Waals surface area contributed by atoms with E-state index in [9.17, 15) is 12.8 Å². The minimum absolute atomic E-state index is 0.0710. The summed E-state index contributed by atoms with van der Waals surface area (Å²) in [4.78, 5) is -0.0710. The summed E-state index contributed by atoms with van der Waals surface area (Å²) in [6, 6.07) is 8.41. The number of halogens is 1. The van der Waals surface area contributed by atoms with Gasteiger partial charge < -0.3 is 4.42 Å². The molecule has 0 aliphatic rings. The molecule has 2 rings (SSSR count). The van der Waals surface area contributed by atoms with E-state index in [1.807, 2.05) is 0 Å². The Hall–Kier alpha value is -1.66. The summed E-state index contributed by atoms with van der Waals surface area (Å²) in [6.45, 7) is 1.89. The molecule has 0 spiro atoms. The molecule has 0 saturated heterocycles. The van der Waals surface area contributed by atoms with Crippen molar-refractivity contribution in [3.8, 4) is 0 Å². The lowest BCUT2D eigenvalue weighted by Crippen LogP contribution is -2.26. The summed E-state index contributed by atoms with van der Waals surface area (Å²) >= 11 is 0. The molecule has 4 nitrogen and oxygen atoms in total. The molecule has 1 aromatic carbocycles. The summed E-state index contributed by atoms with van der Waals surface area (Å²) in [5.41, 5.74) is 0. The number of hydrogen-bond donors (Lipinski definition) is 0. The van der Waals surface area contributed by atoms with Crippen LogP contribution in [0.15, 0.2) is 45.7 Å². The highest BCUT2D eigenvalue weighted by Gasteiger charge is 2.22. The minimum Gasteiger partial charge on any atom is -0.465 e. The molecule has 102 valence electrons. The van der Waals surface area contributed by atoms with E-state index < -0.39 is 15.8 Å². The normalized spacial score (nSPS) is 12.0. The first-order valence-electron chi connectivity index (χ1n) is 5.67. The second-order valence-corrected chi connectivity index (χ2v) is 6.28. The highest BCUT2D eigenvalue weighted by atomic mass is 32.2. The smallest absolute Gasteiger partial charge is 0.243 e. The Labute approximate surface area is 111 Å². The maximum absolute atomic E-state index is 13.1. The van der Waals surface area contributed by atoms with Crippen LogP contribution in [0.25, 0.3) is 0 Å². The van der Waals surface area contributed by atoms with E-state index in [1.165, 1.54) is 25.2 Å². The van der Waals surface area contributed by atoms with E-state index >= 15 is 0 Å². The van der Waals surface area contributed by atoms with Gasteiger partial charge in [0.25, 0.3) is 0 Å². The molecule has 0 amide bonds. The molecular weight excluding hydrogens is 269 g/mol. The van der Waals surface area contributed by atoms with Crippen molar-refractivity contribution in [1.82, 2.24) is 4.31 Å². The van der Waals surface area contributed by atoms with Crippen LogP contribution in [0, 0.1) is 12.7 Å². The Morgan fingerprint density at radius 3 is 2.58 bits per heavy atom. The summed E-state index contributed by atoms with van der Waals surface area (Å²) < 4.78 is 44.0. The van der Waals surface area contributed by atoms with Crippen molar-refractivity contribution < 1.29 is 17.2 Å². The highest BCUT2D eigenvalue weighted by Crippen LogP contribution is 2.18. The van der Waals surface area contributed by atoms with Gasteiger partial charge in [-0.05, 0) is 37.3 Å². The fourth-order valence-electron chi connectivity index (χ4n) is 1.68. The van der Waals surface area contributed by atoms with Gasteiger partial charge in [-0.15, -0.1) is 0 Å². The minimum atomic E-state index is -3.72. The average molecular weight is 283 g/mol. The Balaban J connectivity index is 2.24. The monoisotopic (exact) mass is 283 g/mol. The zero-order chi connectivity index (χ0) is 14.0. The number of benzene rings is 1. The highest BCUT2D eigenvalue weighted by molar-refractivity contribution is 7.89. The maximum Gasteiger partial charge on any atom is 0.243 e. The summed E-state index contributed by atoms with van der Waals surface area (Å²) in [5.74, 6) is 0.676. The van der Waals surface area contributed by atoms with Gasteiger partial charge in [-0.25, -0.2) is 12.8 Å².